The van der Waals surface area contributed by atoms with Gasteiger partial charge in [-0.25, -0.2) is 5.43 Å². The first kappa shape index (κ1) is 24.0. The van der Waals surface area contributed by atoms with Crippen molar-refractivity contribution in [2.45, 2.75) is 18.7 Å². The van der Waals surface area contributed by atoms with Crippen molar-refractivity contribution in [3.63, 3.8) is 0 Å². The fourth-order valence-electron chi connectivity index (χ4n) is 3.14. The van der Waals surface area contributed by atoms with Crippen molar-refractivity contribution >= 4 is 23.9 Å². The summed E-state index contributed by atoms with van der Waals surface area (Å²) in [6.07, 6.45) is 1.58. The average Bonchev–Trinajstić information content (AvgIpc) is 3.31. The van der Waals surface area contributed by atoms with Crippen LogP contribution in [0, 0.1) is 6.92 Å². The molecule has 35 heavy (non-hydrogen) atoms. The van der Waals surface area contributed by atoms with Crippen LogP contribution in [-0.2, 0) is 11.4 Å². The van der Waals surface area contributed by atoms with Crippen LogP contribution in [0.1, 0.15) is 17.0 Å². The highest BCUT2D eigenvalue weighted by Gasteiger charge is 2.16. The zero-order valence-electron chi connectivity index (χ0n) is 19.4. The Balaban J connectivity index is 1.40. The normalized spacial score (nSPS) is 10.9. The number of aromatic nitrogens is 3. The molecule has 3 aromatic carbocycles. The average molecular weight is 488 g/mol. The maximum absolute atomic E-state index is 12.4. The summed E-state index contributed by atoms with van der Waals surface area (Å²) in [7, 11) is 1.61. The molecule has 0 spiro atoms. The standard InChI is InChI=1S/C26H25N5O3S/c1-19-8-12-23(13-9-19)34-17-24-28-30-26(31(24)21-6-4-3-5-7-21)35-18-25(32)29-27-16-20-10-14-22(33-2)15-11-20/h3-16H,17-18H2,1-2H3,(H,29,32)/b27-16+. The van der Waals surface area contributed by atoms with E-state index in [1.165, 1.54) is 11.8 Å². The molecule has 1 N–H and O–H groups in total. The highest BCUT2D eigenvalue weighted by molar-refractivity contribution is 7.99. The minimum atomic E-state index is -0.250. The largest absolute Gasteiger partial charge is 0.497 e. The number of methoxy groups -OCH3 is 1. The van der Waals surface area contributed by atoms with Crippen LogP contribution < -0.4 is 14.9 Å². The van der Waals surface area contributed by atoms with Gasteiger partial charge < -0.3 is 9.47 Å². The van der Waals surface area contributed by atoms with Gasteiger partial charge in [-0.3, -0.25) is 9.36 Å². The molecule has 1 amide bonds. The number of rotatable bonds is 10. The number of aryl methyl sites for hydroxylation is 1. The van der Waals surface area contributed by atoms with Crippen molar-refractivity contribution in [1.82, 2.24) is 20.2 Å². The van der Waals surface area contributed by atoms with Crippen molar-refractivity contribution in [2.24, 2.45) is 5.10 Å². The van der Waals surface area contributed by atoms with Crippen LogP contribution in [0.2, 0.25) is 0 Å². The molecule has 9 heteroatoms. The SMILES string of the molecule is COc1ccc(/C=N/NC(=O)CSc2nnc(COc3ccc(C)cc3)n2-c2ccccc2)cc1. The highest BCUT2D eigenvalue weighted by Crippen LogP contribution is 2.23. The zero-order valence-corrected chi connectivity index (χ0v) is 20.2. The van der Waals surface area contributed by atoms with Crippen molar-refractivity contribution in [2.75, 3.05) is 12.9 Å². The summed E-state index contributed by atoms with van der Waals surface area (Å²) >= 11 is 1.28. The Labute approximate surface area is 208 Å². The van der Waals surface area contributed by atoms with E-state index in [0.717, 1.165) is 28.3 Å². The molecule has 0 unspecified atom stereocenters. The second-order valence-corrected chi connectivity index (χ2v) is 8.47. The number of thioether (sulfide) groups is 1. The van der Waals surface area contributed by atoms with Gasteiger partial charge in [0.05, 0.1) is 19.1 Å². The summed E-state index contributed by atoms with van der Waals surface area (Å²) in [5, 5.41) is 13.2. The molecule has 8 nitrogen and oxygen atoms in total. The number of nitrogens with one attached hydrogen (secondary N) is 1. The molecule has 0 fully saturated rings. The first-order valence-electron chi connectivity index (χ1n) is 10.9. The number of carbonyl (C=O) groups is 1. The topological polar surface area (TPSA) is 90.6 Å². The molecule has 4 aromatic rings. The fourth-order valence-corrected chi connectivity index (χ4v) is 3.90. The summed E-state index contributed by atoms with van der Waals surface area (Å²) in [5.74, 6) is 2.02. The quantitative estimate of drug-likeness (QED) is 0.203. The van der Waals surface area contributed by atoms with Crippen molar-refractivity contribution in [3.8, 4) is 17.2 Å². The molecule has 0 bridgehead atoms. The minimum Gasteiger partial charge on any atom is -0.497 e. The lowest BCUT2D eigenvalue weighted by molar-refractivity contribution is -0.118. The van der Waals surface area contributed by atoms with Crippen LogP contribution in [0.5, 0.6) is 11.5 Å². The highest BCUT2D eigenvalue weighted by atomic mass is 32.2. The molecular weight excluding hydrogens is 462 g/mol. The number of hydrazone groups is 1. The van der Waals surface area contributed by atoms with E-state index in [4.69, 9.17) is 9.47 Å². The van der Waals surface area contributed by atoms with Gasteiger partial charge in [-0.15, -0.1) is 10.2 Å². The van der Waals surface area contributed by atoms with Gasteiger partial charge in [0.2, 0.25) is 0 Å². The first-order chi connectivity index (χ1) is 17.1. The summed E-state index contributed by atoms with van der Waals surface area (Å²) in [6, 6.07) is 24.9. The van der Waals surface area contributed by atoms with Crippen LogP contribution in [0.4, 0.5) is 0 Å². The monoisotopic (exact) mass is 487 g/mol. The Morgan fingerprint density at radius 1 is 1.00 bits per heavy atom. The third-order valence-electron chi connectivity index (χ3n) is 4.95. The van der Waals surface area contributed by atoms with Crippen LogP contribution in [0.25, 0.3) is 5.69 Å². The van der Waals surface area contributed by atoms with Gasteiger partial charge in [0, 0.05) is 5.69 Å². The van der Waals surface area contributed by atoms with E-state index in [0.29, 0.717) is 11.0 Å². The Kier molecular flexibility index (Phi) is 8.13. The predicted octanol–water partition coefficient (Wildman–Crippen LogP) is 4.41. The van der Waals surface area contributed by atoms with Gasteiger partial charge in [0.15, 0.2) is 11.0 Å². The molecule has 0 radical (unpaired) electrons. The Morgan fingerprint density at radius 3 is 2.43 bits per heavy atom. The zero-order chi connectivity index (χ0) is 24.5. The summed E-state index contributed by atoms with van der Waals surface area (Å²) < 4.78 is 12.9. The molecule has 0 aliphatic rings. The van der Waals surface area contributed by atoms with Crippen molar-refractivity contribution in [3.05, 3.63) is 95.8 Å². The van der Waals surface area contributed by atoms with Gasteiger partial charge in [-0.1, -0.05) is 47.7 Å². The number of para-hydroxylation sites is 1. The number of ether oxygens (including phenoxy) is 2. The van der Waals surface area contributed by atoms with Crippen LogP contribution >= 0.6 is 11.8 Å². The predicted molar refractivity (Wildman–Crippen MR) is 136 cm³/mol. The van der Waals surface area contributed by atoms with Crippen molar-refractivity contribution < 1.29 is 14.3 Å². The lowest BCUT2D eigenvalue weighted by atomic mass is 10.2. The lowest BCUT2D eigenvalue weighted by Crippen LogP contribution is -2.20. The van der Waals surface area contributed by atoms with Gasteiger partial charge >= 0.3 is 0 Å². The minimum absolute atomic E-state index is 0.129. The smallest absolute Gasteiger partial charge is 0.250 e. The molecule has 1 aromatic heterocycles. The van der Waals surface area contributed by atoms with Gasteiger partial charge in [-0.2, -0.15) is 5.10 Å². The number of hydrogen-bond acceptors (Lipinski definition) is 7. The van der Waals surface area contributed by atoms with Crippen LogP contribution in [0.15, 0.2) is 89.1 Å². The number of nitrogens with zero attached hydrogens (tertiary/aromatic N) is 4. The Hall–Kier alpha value is -4.11. The second kappa shape index (κ2) is 11.8. The fraction of sp³-hybridized carbons (Fsp3) is 0.154. The molecule has 0 saturated heterocycles. The molecule has 4 rings (SSSR count). The maximum Gasteiger partial charge on any atom is 0.250 e. The number of hydrogen-bond donors (Lipinski definition) is 1. The molecule has 178 valence electrons. The van der Waals surface area contributed by atoms with Gasteiger partial charge in [-0.05, 0) is 61.0 Å². The van der Waals surface area contributed by atoms with E-state index in [2.05, 4.69) is 20.7 Å². The molecular formula is C26H25N5O3S. The Morgan fingerprint density at radius 2 is 1.71 bits per heavy atom. The van der Waals surface area contributed by atoms with Crippen LogP contribution in [-0.4, -0.2) is 39.7 Å². The van der Waals surface area contributed by atoms with Gasteiger partial charge in [0.25, 0.3) is 5.91 Å². The van der Waals surface area contributed by atoms with Crippen molar-refractivity contribution in [1.29, 1.82) is 0 Å². The number of carbonyl (C=O) groups excluding carboxylic acids is 1. The van der Waals surface area contributed by atoms with E-state index < -0.39 is 0 Å². The van der Waals surface area contributed by atoms with Crippen LogP contribution in [0.3, 0.4) is 0 Å². The van der Waals surface area contributed by atoms with Gasteiger partial charge in [0.1, 0.15) is 18.1 Å². The molecule has 0 aliphatic carbocycles. The van der Waals surface area contributed by atoms with E-state index >= 15 is 0 Å². The van der Waals surface area contributed by atoms with E-state index in [1.54, 1.807) is 13.3 Å². The third kappa shape index (κ3) is 6.70. The third-order valence-corrected chi connectivity index (χ3v) is 5.88. The first-order valence-corrected chi connectivity index (χ1v) is 11.9. The number of amides is 1. The summed E-state index contributed by atoms with van der Waals surface area (Å²) in [4.78, 5) is 12.4. The maximum atomic E-state index is 12.4. The van der Waals surface area contributed by atoms with E-state index in [1.807, 2.05) is 90.4 Å². The molecule has 0 saturated carbocycles. The second-order valence-electron chi connectivity index (χ2n) is 7.53. The molecule has 0 aliphatic heterocycles. The molecule has 1 heterocycles. The lowest BCUT2D eigenvalue weighted by Gasteiger charge is -2.11. The van der Waals surface area contributed by atoms with E-state index in [9.17, 15) is 4.79 Å². The summed E-state index contributed by atoms with van der Waals surface area (Å²) in [5.41, 5.74) is 5.44. The summed E-state index contributed by atoms with van der Waals surface area (Å²) in [6.45, 7) is 2.27. The Bertz CT molecular complexity index is 1270. The number of benzene rings is 3. The molecule has 0 atom stereocenters. The van der Waals surface area contributed by atoms with E-state index in [-0.39, 0.29) is 18.3 Å².